The minimum Gasteiger partial charge on any atom is -0.399 e. The van der Waals surface area contributed by atoms with E-state index in [2.05, 4.69) is 9.84 Å². The summed E-state index contributed by atoms with van der Waals surface area (Å²) in [5.74, 6) is -0.146. The Balaban J connectivity index is 1.40. The molecule has 0 saturated heterocycles. The van der Waals surface area contributed by atoms with Crippen LogP contribution >= 0.6 is 11.6 Å². The maximum Gasteiger partial charge on any atom is 0.545 e. The van der Waals surface area contributed by atoms with E-state index >= 15 is 0 Å². The van der Waals surface area contributed by atoms with E-state index in [9.17, 15) is 19.1 Å². The molecular formula is C27H20ClFN2O5. The lowest BCUT2D eigenvalue weighted by molar-refractivity contribution is -0.338. The second-order valence-electron chi connectivity index (χ2n) is 9.25. The monoisotopic (exact) mass is 506 g/mol. The van der Waals surface area contributed by atoms with Crippen LogP contribution in [0.3, 0.4) is 0 Å². The van der Waals surface area contributed by atoms with Gasteiger partial charge in [0.2, 0.25) is 0 Å². The number of aliphatic hydroxyl groups is 1. The van der Waals surface area contributed by atoms with E-state index in [0.29, 0.717) is 39.9 Å². The minimum atomic E-state index is -3.24. The van der Waals surface area contributed by atoms with Gasteiger partial charge >= 0.3 is 6.23 Å². The summed E-state index contributed by atoms with van der Waals surface area (Å²) in [6.07, 6.45) is -2.11. The standard InChI is InChI=1S/C27H20ClFN2O5/c1-15-5-7-19-20(11-15)25(33)31(30-24(19)16-3-2-4-18(28)12-16)14-23(32)26(9-10-26)17-6-8-21-22(13-17)36-27(29,34)35-21/h2-8,11-13,34H,9-10,14H2,1H3. The number of carbonyl (C=O) groups is 1. The van der Waals surface area contributed by atoms with E-state index < -0.39 is 11.6 Å². The molecule has 36 heavy (non-hydrogen) atoms. The van der Waals surface area contributed by atoms with Gasteiger partial charge in [-0.25, -0.2) is 4.68 Å². The van der Waals surface area contributed by atoms with Gasteiger partial charge in [0.15, 0.2) is 17.3 Å². The van der Waals surface area contributed by atoms with E-state index in [1.54, 1.807) is 30.3 Å². The molecule has 1 saturated carbocycles. The smallest absolute Gasteiger partial charge is 0.399 e. The molecule has 0 bridgehead atoms. The minimum absolute atomic E-state index is 0.0105. The molecular weight excluding hydrogens is 487 g/mol. The number of benzene rings is 3. The summed E-state index contributed by atoms with van der Waals surface area (Å²) < 4.78 is 24.4. The highest BCUT2D eigenvalue weighted by atomic mass is 35.5. The van der Waals surface area contributed by atoms with Gasteiger partial charge in [-0.2, -0.15) is 5.10 Å². The number of aromatic nitrogens is 2. The highest BCUT2D eigenvalue weighted by molar-refractivity contribution is 6.30. The van der Waals surface area contributed by atoms with Crippen LogP contribution < -0.4 is 15.0 Å². The van der Waals surface area contributed by atoms with E-state index in [-0.39, 0.29) is 29.4 Å². The maximum absolute atomic E-state index is 13.7. The molecule has 1 aromatic heterocycles. The third kappa shape index (κ3) is 3.73. The van der Waals surface area contributed by atoms with Crippen molar-refractivity contribution in [3.05, 3.63) is 87.2 Å². The Hall–Kier alpha value is -3.75. The molecule has 2 aliphatic rings. The first kappa shape index (κ1) is 22.7. The number of ether oxygens (including phenoxy) is 2. The van der Waals surface area contributed by atoms with Crippen molar-refractivity contribution in [2.45, 2.75) is 38.0 Å². The van der Waals surface area contributed by atoms with Crippen LogP contribution in [0.4, 0.5) is 4.39 Å². The summed E-state index contributed by atoms with van der Waals surface area (Å²) in [4.78, 5) is 27.0. The highest BCUT2D eigenvalue weighted by Gasteiger charge is 2.52. The van der Waals surface area contributed by atoms with Crippen LogP contribution in [0.5, 0.6) is 11.5 Å². The number of Topliss-reactive ketones (excluding diaryl/α,β-unsaturated/α-hetero) is 1. The summed E-state index contributed by atoms with van der Waals surface area (Å²) in [6.45, 7) is 1.66. The summed E-state index contributed by atoms with van der Waals surface area (Å²) in [6, 6.07) is 17.3. The third-order valence-electron chi connectivity index (χ3n) is 6.76. The van der Waals surface area contributed by atoms with Gasteiger partial charge < -0.3 is 9.47 Å². The average Bonchev–Trinajstić information content (AvgIpc) is 3.58. The fraction of sp³-hybridized carbons (Fsp3) is 0.222. The van der Waals surface area contributed by atoms with Gasteiger partial charge in [0.1, 0.15) is 6.54 Å². The molecule has 1 aliphatic heterocycles. The predicted molar refractivity (Wildman–Crippen MR) is 131 cm³/mol. The van der Waals surface area contributed by atoms with Gasteiger partial charge in [-0.15, -0.1) is 4.39 Å². The van der Waals surface area contributed by atoms with Crippen molar-refractivity contribution in [3.63, 3.8) is 0 Å². The van der Waals surface area contributed by atoms with Crippen molar-refractivity contribution in [1.29, 1.82) is 0 Å². The highest BCUT2D eigenvalue weighted by Crippen LogP contribution is 2.52. The second kappa shape index (κ2) is 7.88. The molecule has 2 heterocycles. The predicted octanol–water partition coefficient (Wildman–Crippen LogP) is 4.67. The number of rotatable bonds is 5. The van der Waals surface area contributed by atoms with Crippen molar-refractivity contribution in [1.82, 2.24) is 9.78 Å². The number of ketones is 1. The summed E-state index contributed by atoms with van der Waals surface area (Å²) in [5, 5.41) is 15.6. The van der Waals surface area contributed by atoms with Gasteiger partial charge in [-0.3, -0.25) is 14.7 Å². The van der Waals surface area contributed by atoms with Crippen LogP contribution in [0, 0.1) is 6.92 Å². The van der Waals surface area contributed by atoms with E-state index in [1.165, 1.54) is 16.8 Å². The molecule has 4 aromatic rings. The first-order chi connectivity index (χ1) is 17.1. The largest absolute Gasteiger partial charge is 0.545 e. The van der Waals surface area contributed by atoms with Gasteiger partial charge in [-0.05, 0) is 55.7 Å². The maximum atomic E-state index is 13.7. The first-order valence-corrected chi connectivity index (χ1v) is 11.8. The van der Waals surface area contributed by atoms with Crippen LogP contribution in [-0.2, 0) is 16.8 Å². The lowest BCUT2D eigenvalue weighted by Gasteiger charge is -2.17. The molecule has 182 valence electrons. The number of fused-ring (bicyclic) bond motifs is 2. The third-order valence-corrected chi connectivity index (χ3v) is 6.99. The van der Waals surface area contributed by atoms with Crippen molar-refractivity contribution in [3.8, 4) is 22.8 Å². The Kier molecular flexibility index (Phi) is 4.97. The van der Waals surface area contributed by atoms with E-state index in [4.69, 9.17) is 16.3 Å². The lowest BCUT2D eigenvalue weighted by atomic mass is 9.91. The molecule has 0 amide bonds. The molecule has 0 radical (unpaired) electrons. The van der Waals surface area contributed by atoms with E-state index in [1.807, 2.05) is 25.1 Å². The number of carbonyl (C=O) groups excluding carboxylic acids is 1. The molecule has 0 spiro atoms. The SMILES string of the molecule is Cc1ccc2c(-c3cccc(Cl)c3)nn(CC(=O)C3(c4ccc5c(c4)OC(O)(F)O5)CC3)c(=O)c2c1. The van der Waals surface area contributed by atoms with Crippen LogP contribution in [0.25, 0.3) is 22.0 Å². The van der Waals surface area contributed by atoms with Crippen molar-refractivity contribution in [2.24, 2.45) is 0 Å². The number of halogens is 2. The molecule has 1 fully saturated rings. The van der Waals surface area contributed by atoms with Crippen LogP contribution in [-0.4, -0.2) is 26.9 Å². The fourth-order valence-corrected chi connectivity index (χ4v) is 4.95. The van der Waals surface area contributed by atoms with Crippen molar-refractivity contribution in [2.75, 3.05) is 0 Å². The van der Waals surface area contributed by atoms with E-state index in [0.717, 1.165) is 11.1 Å². The lowest BCUT2D eigenvalue weighted by Crippen LogP contribution is -2.32. The zero-order chi connectivity index (χ0) is 25.2. The summed E-state index contributed by atoms with van der Waals surface area (Å²) in [7, 11) is 0. The molecule has 1 N–H and O–H groups in total. The van der Waals surface area contributed by atoms with Crippen LogP contribution in [0.15, 0.2) is 65.5 Å². The van der Waals surface area contributed by atoms with Crippen LogP contribution in [0.2, 0.25) is 5.02 Å². The average molecular weight is 507 g/mol. The molecule has 7 nitrogen and oxygen atoms in total. The number of nitrogens with zero attached hydrogens (tertiary/aromatic N) is 2. The summed E-state index contributed by atoms with van der Waals surface area (Å²) in [5.41, 5.74) is 1.58. The van der Waals surface area contributed by atoms with Crippen molar-refractivity contribution < 1.29 is 23.8 Å². The number of hydrogen-bond acceptors (Lipinski definition) is 6. The Morgan fingerprint density at radius 3 is 2.61 bits per heavy atom. The van der Waals surface area contributed by atoms with Gasteiger partial charge in [0, 0.05) is 16.0 Å². The normalized spacial score (nSPS) is 19.4. The molecule has 9 heteroatoms. The van der Waals surface area contributed by atoms with Crippen molar-refractivity contribution >= 4 is 28.2 Å². The topological polar surface area (TPSA) is 90.7 Å². The zero-order valence-electron chi connectivity index (χ0n) is 19.1. The zero-order valence-corrected chi connectivity index (χ0v) is 19.9. The fourth-order valence-electron chi connectivity index (χ4n) is 4.76. The Morgan fingerprint density at radius 2 is 1.86 bits per heavy atom. The number of hydrogen-bond donors (Lipinski definition) is 1. The molecule has 6 rings (SSSR count). The molecule has 1 aliphatic carbocycles. The Morgan fingerprint density at radius 1 is 1.08 bits per heavy atom. The molecule has 1 atom stereocenters. The second-order valence-corrected chi connectivity index (χ2v) is 9.68. The molecule has 1 unspecified atom stereocenters. The van der Waals surface area contributed by atoms with Gasteiger partial charge in [-0.1, -0.05) is 47.5 Å². The quantitative estimate of drug-likeness (QED) is 0.423. The molecule has 3 aromatic carbocycles. The number of aryl methyl sites for hydroxylation is 1. The summed E-state index contributed by atoms with van der Waals surface area (Å²) >= 11 is 6.21. The number of alkyl halides is 1. The van der Waals surface area contributed by atoms with Gasteiger partial charge in [0.25, 0.3) is 5.56 Å². The first-order valence-electron chi connectivity index (χ1n) is 11.4. The Bertz CT molecular complexity index is 1630. The van der Waals surface area contributed by atoms with Gasteiger partial charge in [0.05, 0.1) is 16.5 Å². The Labute approximate surface area is 209 Å². The van der Waals surface area contributed by atoms with Crippen LogP contribution in [0.1, 0.15) is 24.0 Å².